The highest BCUT2D eigenvalue weighted by Crippen LogP contribution is 2.15. The molecule has 0 unspecified atom stereocenters. The van der Waals surface area contributed by atoms with Crippen molar-refractivity contribution in [2.75, 3.05) is 5.75 Å². The first-order chi connectivity index (χ1) is 11.2. The van der Waals surface area contributed by atoms with Crippen LogP contribution in [0.4, 0.5) is 0 Å². The molecule has 1 N–H and O–H groups in total. The van der Waals surface area contributed by atoms with Crippen LogP contribution >= 0.6 is 11.8 Å². The highest BCUT2D eigenvalue weighted by Gasteiger charge is 2.12. The average molecular weight is 332 g/mol. The Morgan fingerprint density at radius 2 is 2.00 bits per heavy atom. The van der Waals surface area contributed by atoms with Gasteiger partial charge in [0.1, 0.15) is 6.33 Å². The number of thioether (sulfide) groups is 1. The Bertz CT molecular complexity index is 643. The molecule has 7 heteroatoms. The molecular formula is C16H20N4O2S. The smallest absolute Gasteiger partial charge is 0.257 e. The van der Waals surface area contributed by atoms with Crippen molar-refractivity contribution in [1.29, 1.82) is 0 Å². The van der Waals surface area contributed by atoms with Gasteiger partial charge in [0.2, 0.25) is 5.91 Å². The number of carbonyl (C=O) groups is 2. The van der Waals surface area contributed by atoms with E-state index in [1.165, 1.54) is 11.8 Å². The van der Waals surface area contributed by atoms with Gasteiger partial charge in [-0.15, -0.1) is 10.2 Å². The van der Waals surface area contributed by atoms with Gasteiger partial charge in [0.05, 0.1) is 5.75 Å². The highest BCUT2D eigenvalue weighted by molar-refractivity contribution is 7.99. The van der Waals surface area contributed by atoms with E-state index in [1.54, 1.807) is 30.6 Å². The Labute approximate surface area is 139 Å². The molecule has 0 bridgehead atoms. The Kier molecular flexibility index (Phi) is 6.80. The molecule has 0 saturated heterocycles. The fraction of sp³-hybridized carbons (Fsp3) is 0.375. The molecule has 0 atom stereocenters. The van der Waals surface area contributed by atoms with Gasteiger partial charge in [-0.25, -0.2) is 0 Å². The van der Waals surface area contributed by atoms with Gasteiger partial charge in [-0.1, -0.05) is 49.7 Å². The van der Waals surface area contributed by atoms with Crippen molar-refractivity contribution in [2.45, 2.75) is 37.9 Å². The first-order valence-corrected chi connectivity index (χ1v) is 8.59. The highest BCUT2D eigenvalue weighted by atomic mass is 32.2. The van der Waals surface area contributed by atoms with E-state index in [2.05, 4.69) is 22.4 Å². The molecule has 2 amide bonds. The van der Waals surface area contributed by atoms with Gasteiger partial charge in [0.25, 0.3) is 5.91 Å². The fourth-order valence-electron chi connectivity index (χ4n) is 2.00. The SMILES string of the molecule is CCCCCn1cnnc1SCC(=O)NC(=O)c1ccccc1. The molecule has 0 aliphatic rings. The van der Waals surface area contributed by atoms with E-state index >= 15 is 0 Å². The van der Waals surface area contributed by atoms with Crippen LogP contribution in [0, 0.1) is 0 Å². The summed E-state index contributed by atoms with van der Waals surface area (Å²) in [6.45, 7) is 2.99. The summed E-state index contributed by atoms with van der Waals surface area (Å²) in [5, 5.41) is 11.0. The molecule has 0 aliphatic heterocycles. The second-order valence-corrected chi connectivity index (χ2v) is 5.99. The van der Waals surface area contributed by atoms with Crippen LogP contribution in [0.25, 0.3) is 0 Å². The van der Waals surface area contributed by atoms with E-state index in [9.17, 15) is 9.59 Å². The van der Waals surface area contributed by atoms with Crippen molar-refractivity contribution in [1.82, 2.24) is 20.1 Å². The molecule has 2 aromatic rings. The van der Waals surface area contributed by atoms with Crippen LogP contribution in [0.2, 0.25) is 0 Å². The molecule has 1 heterocycles. The number of unbranched alkanes of at least 4 members (excludes halogenated alkanes) is 2. The third-order valence-electron chi connectivity index (χ3n) is 3.20. The summed E-state index contributed by atoms with van der Waals surface area (Å²) in [5.74, 6) is -0.599. The van der Waals surface area contributed by atoms with Crippen molar-refractivity contribution in [3.05, 3.63) is 42.2 Å². The molecule has 2 rings (SSSR count). The van der Waals surface area contributed by atoms with Gasteiger partial charge in [-0.05, 0) is 18.6 Å². The molecule has 1 aromatic heterocycles. The number of hydrogen-bond donors (Lipinski definition) is 1. The second kappa shape index (κ2) is 9.09. The maximum atomic E-state index is 11.9. The number of nitrogens with one attached hydrogen (secondary N) is 1. The predicted molar refractivity (Wildman–Crippen MR) is 89.2 cm³/mol. The van der Waals surface area contributed by atoms with Gasteiger partial charge in [-0.2, -0.15) is 0 Å². The standard InChI is InChI=1S/C16H20N4O2S/c1-2-3-7-10-20-12-17-19-16(20)23-11-14(21)18-15(22)13-8-5-4-6-9-13/h4-6,8-9,12H,2-3,7,10-11H2,1H3,(H,18,21,22). The van der Waals surface area contributed by atoms with Crippen LogP contribution in [-0.4, -0.2) is 32.3 Å². The lowest BCUT2D eigenvalue weighted by Crippen LogP contribution is -2.31. The minimum atomic E-state index is -0.388. The lowest BCUT2D eigenvalue weighted by molar-refractivity contribution is -0.117. The molecule has 0 spiro atoms. The zero-order valence-electron chi connectivity index (χ0n) is 13.1. The van der Waals surface area contributed by atoms with Crippen molar-refractivity contribution in [2.24, 2.45) is 0 Å². The molecule has 0 aliphatic carbocycles. The number of amides is 2. The Balaban J connectivity index is 1.81. The largest absolute Gasteiger partial charge is 0.309 e. The van der Waals surface area contributed by atoms with E-state index in [0.29, 0.717) is 10.7 Å². The molecule has 0 fully saturated rings. The second-order valence-electron chi connectivity index (χ2n) is 5.05. The summed E-state index contributed by atoms with van der Waals surface area (Å²) in [5.41, 5.74) is 0.466. The molecule has 6 nitrogen and oxygen atoms in total. The molecule has 1 aromatic carbocycles. The maximum absolute atomic E-state index is 11.9. The van der Waals surface area contributed by atoms with Crippen LogP contribution < -0.4 is 5.32 Å². The van der Waals surface area contributed by atoms with Gasteiger partial charge >= 0.3 is 0 Å². The normalized spacial score (nSPS) is 10.5. The van der Waals surface area contributed by atoms with Gasteiger partial charge in [0, 0.05) is 12.1 Å². The zero-order valence-corrected chi connectivity index (χ0v) is 13.9. The third-order valence-corrected chi connectivity index (χ3v) is 4.18. The molecule has 0 radical (unpaired) electrons. The number of hydrogen-bond acceptors (Lipinski definition) is 5. The summed E-state index contributed by atoms with van der Waals surface area (Å²) in [7, 11) is 0. The first-order valence-electron chi connectivity index (χ1n) is 7.60. The van der Waals surface area contributed by atoms with Gasteiger partial charge in [-0.3, -0.25) is 14.9 Å². The average Bonchev–Trinajstić information content (AvgIpc) is 3.01. The van der Waals surface area contributed by atoms with E-state index in [-0.39, 0.29) is 17.6 Å². The first kappa shape index (κ1) is 17.2. The molecular weight excluding hydrogens is 312 g/mol. The number of aromatic nitrogens is 3. The Hall–Kier alpha value is -2.15. The predicted octanol–water partition coefficient (Wildman–Crippen LogP) is 2.52. The van der Waals surface area contributed by atoms with E-state index in [4.69, 9.17) is 0 Å². The van der Waals surface area contributed by atoms with Crippen LogP contribution in [0.3, 0.4) is 0 Å². The topological polar surface area (TPSA) is 76.9 Å². The van der Waals surface area contributed by atoms with E-state index in [1.807, 2.05) is 10.6 Å². The third kappa shape index (κ3) is 5.52. The monoisotopic (exact) mass is 332 g/mol. The van der Waals surface area contributed by atoms with Crippen LogP contribution in [0.1, 0.15) is 36.5 Å². The fourth-order valence-corrected chi connectivity index (χ4v) is 2.74. The van der Waals surface area contributed by atoms with E-state index < -0.39 is 0 Å². The summed E-state index contributed by atoms with van der Waals surface area (Å²) in [6, 6.07) is 8.67. The number of benzene rings is 1. The van der Waals surface area contributed by atoms with E-state index in [0.717, 1.165) is 25.8 Å². The zero-order chi connectivity index (χ0) is 16.5. The van der Waals surface area contributed by atoms with Crippen molar-refractivity contribution < 1.29 is 9.59 Å². The maximum Gasteiger partial charge on any atom is 0.257 e. The van der Waals surface area contributed by atoms with Crippen molar-refractivity contribution in [3.8, 4) is 0 Å². The van der Waals surface area contributed by atoms with Crippen LogP contribution in [0.15, 0.2) is 41.8 Å². The van der Waals surface area contributed by atoms with Gasteiger partial charge in [0.15, 0.2) is 5.16 Å². The number of carbonyl (C=O) groups excluding carboxylic acids is 2. The number of nitrogens with zero attached hydrogens (tertiary/aromatic N) is 3. The Morgan fingerprint density at radius 3 is 2.74 bits per heavy atom. The molecule has 0 saturated carbocycles. The lowest BCUT2D eigenvalue weighted by atomic mass is 10.2. The Morgan fingerprint density at radius 1 is 1.22 bits per heavy atom. The summed E-state index contributed by atoms with van der Waals surface area (Å²) in [4.78, 5) is 23.8. The number of aryl methyl sites for hydroxylation is 1. The minimum Gasteiger partial charge on any atom is -0.309 e. The minimum absolute atomic E-state index is 0.130. The van der Waals surface area contributed by atoms with Crippen LogP contribution in [0.5, 0.6) is 0 Å². The quantitative estimate of drug-likeness (QED) is 0.594. The van der Waals surface area contributed by atoms with Crippen LogP contribution in [-0.2, 0) is 11.3 Å². The van der Waals surface area contributed by atoms with Crippen molar-refractivity contribution >= 4 is 23.6 Å². The molecule has 122 valence electrons. The number of imide groups is 1. The summed E-state index contributed by atoms with van der Waals surface area (Å²) in [6.07, 6.45) is 5.02. The lowest BCUT2D eigenvalue weighted by Gasteiger charge is -2.06. The summed E-state index contributed by atoms with van der Waals surface area (Å²) >= 11 is 1.28. The van der Waals surface area contributed by atoms with Crippen molar-refractivity contribution in [3.63, 3.8) is 0 Å². The molecule has 23 heavy (non-hydrogen) atoms. The van der Waals surface area contributed by atoms with Gasteiger partial charge < -0.3 is 4.57 Å². The summed E-state index contributed by atoms with van der Waals surface area (Å²) < 4.78 is 1.94. The number of rotatable bonds is 8.